The number of nitrogens with zero attached hydrogens (tertiary/aromatic N) is 3. The number of carbonyl (C=O) groups excluding carboxylic acids is 1. The van der Waals surface area contributed by atoms with Crippen LogP contribution in [0, 0.1) is 0 Å². The van der Waals surface area contributed by atoms with Gasteiger partial charge in [-0.05, 0) is 43.9 Å². The molecular weight excluding hydrogens is 318 g/mol. The van der Waals surface area contributed by atoms with Gasteiger partial charge >= 0.3 is 0 Å². The van der Waals surface area contributed by atoms with Gasteiger partial charge in [-0.2, -0.15) is 0 Å². The van der Waals surface area contributed by atoms with E-state index in [0.717, 1.165) is 36.7 Å². The van der Waals surface area contributed by atoms with E-state index < -0.39 is 0 Å². The second-order valence-corrected chi connectivity index (χ2v) is 6.24. The Morgan fingerprint density at radius 3 is 2.84 bits per heavy atom. The fourth-order valence-corrected chi connectivity index (χ4v) is 3.19. The number of imidazole rings is 1. The van der Waals surface area contributed by atoms with E-state index in [0.29, 0.717) is 11.4 Å². The second kappa shape index (κ2) is 6.88. The molecule has 0 saturated heterocycles. The minimum Gasteiger partial charge on any atom is -0.473 e. The van der Waals surface area contributed by atoms with Crippen molar-refractivity contribution in [1.82, 2.24) is 25.3 Å². The van der Waals surface area contributed by atoms with E-state index in [9.17, 15) is 4.79 Å². The molecule has 0 atom stereocenters. The molecule has 0 spiro atoms. The summed E-state index contributed by atoms with van der Waals surface area (Å²) in [7, 11) is 0. The Balaban J connectivity index is 1.31. The lowest BCUT2D eigenvalue weighted by atomic mass is 9.92. The molecule has 1 amide bonds. The quantitative estimate of drug-likeness (QED) is 0.763. The highest BCUT2D eigenvalue weighted by atomic mass is 16.5. The lowest BCUT2D eigenvalue weighted by Gasteiger charge is -2.29. The average Bonchev–Trinajstić information content (AvgIpc) is 3.12. The molecule has 3 aromatic rings. The molecule has 2 heterocycles. The van der Waals surface area contributed by atoms with E-state index >= 15 is 0 Å². The summed E-state index contributed by atoms with van der Waals surface area (Å²) in [5.74, 6) is 0.512. The summed E-state index contributed by atoms with van der Waals surface area (Å²) in [5, 5.41) is 3.12. The molecule has 1 aliphatic rings. The molecule has 0 unspecified atom stereocenters. The Labute approximate surface area is 144 Å². The molecule has 1 aromatic carbocycles. The maximum Gasteiger partial charge on any atom is 0.251 e. The molecular formula is C18H19N5O2. The van der Waals surface area contributed by atoms with Crippen LogP contribution in [0.5, 0.6) is 5.88 Å². The molecule has 2 aromatic heterocycles. The van der Waals surface area contributed by atoms with Crippen molar-refractivity contribution in [2.24, 2.45) is 0 Å². The maximum absolute atomic E-state index is 12.5. The molecule has 4 rings (SSSR count). The van der Waals surface area contributed by atoms with Crippen LogP contribution in [-0.4, -0.2) is 38.0 Å². The maximum atomic E-state index is 12.5. The van der Waals surface area contributed by atoms with E-state index in [-0.39, 0.29) is 18.1 Å². The normalized spacial score (nSPS) is 20.3. The first kappa shape index (κ1) is 15.6. The fraction of sp³-hybridized carbons (Fsp3) is 0.333. The van der Waals surface area contributed by atoms with E-state index in [1.54, 1.807) is 31.0 Å². The van der Waals surface area contributed by atoms with Crippen LogP contribution in [0.25, 0.3) is 11.0 Å². The fourth-order valence-electron chi connectivity index (χ4n) is 3.19. The van der Waals surface area contributed by atoms with Gasteiger partial charge in [-0.25, -0.2) is 9.97 Å². The van der Waals surface area contributed by atoms with Gasteiger partial charge in [0, 0.05) is 24.0 Å². The van der Waals surface area contributed by atoms with Gasteiger partial charge in [0.05, 0.1) is 23.6 Å². The summed E-state index contributed by atoms with van der Waals surface area (Å²) in [4.78, 5) is 27.8. The first-order chi connectivity index (χ1) is 12.3. The van der Waals surface area contributed by atoms with E-state index in [1.807, 2.05) is 12.1 Å². The molecule has 0 radical (unpaired) electrons. The standard InChI is InChI=1S/C18H19N5O2/c24-18(12-1-6-15-16(9-12)22-11-21-15)23-13-2-4-14(5-3-13)25-17-10-19-7-8-20-17/h1,6-11,13-14H,2-5H2,(H,21,22)(H,23,24). The summed E-state index contributed by atoms with van der Waals surface area (Å²) in [6.45, 7) is 0. The third-order valence-electron chi connectivity index (χ3n) is 4.52. The van der Waals surface area contributed by atoms with Crippen molar-refractivity contribution >= 4 is 16.9 Å². The van der Waals surface area contributed by atoms with Crippen molar-refractivity contribution in [2.75, 3.05) is 0 Å². The molecule has 1 fully saturated rings. The Morgan fingerprint density at radius 1 is 1.16 bits per heavy atom. The van der Waals surface area contributed by atoms with Crippen molar-refractivity contribution in [3.05, 3.63) is 48.7 Å². The Hall–Kier alpha value is -2.96. The highest BCUT2D eigenvalue weighted by molar-refractivity contribution is 5.97. The summed E-state index contributed by atoms with van der Waals surface area (Å²) in [6, 6.07) is 5.67. The first-order valence-corrected chi connectivity index (χ1v) is 8.44. The van der Waals surface area contributed by atoms with Crippen LogP contribution >= 0.6 is 0 Å². The average molecular weight is 337 g/mol. The SMILES string of the molecule is O=C(NC1CCC(Oc2cnccn2)CC1)c1ccc2nc[nH]c2c1. The molecule has 7 nitrogen and oxygen atoms in total. The zero-order chi connectivity index (χ0) is 17.1. The summed E-state index contributed by atoms with van der Waals surface area (Å²) in [6.07, 6.45) is 10.2. The highest BCUT2D eigenvalue weighted by Gasteiger charge is 2.24. The number of H-pyrrole nitrogens is 1. The van der Waals surface area contributed by atoms with Gasteiger partial charge in [0.25, 0.3) is 5.91 Å². The van der Waals surface area contributed by atoms with Crippen molar-refractivity contribution in [3.8, 4) is 5.88 Å². The number of aromatic amines is 1. The summed E-state index contributed by atoms with van der Waals surface area (Å²) >= 11 is 0. The summed E-state index contributed by atoms with van der Waals surface area (Å²) in [5.41, 5.74) is 2.38. The Morgan fingerprint density at radius 2 is 2.04 bits per heavy atom. The number of amides is 1. The number of ether oxygens (including phenoxy) is 1. The number of hydrogen-bond donors (Lipinski definition) is 2. The third kappa shape index (κ3) is 3.60. The summed E-state index contributed by atoms with van der Waals surface area (Å²) < 4.78 is 5.84. The zero-order valence-electron chi connectivity index (χ0n) is 13.7. The number of aromatic nitrogens is 4. The third-order valence-corrected chi connectivity index (χ3v) is 4.52. The number of carbonyl (C=O) groups is 1. The minimum atomic E-state index is -0.0465. The van der Waals surface area contributed by atoms with Gasteiger partial charge < -0.3 is 15.0 Å². The molecule has 0 bridgehead atoms. The van der Waals surface area contributed by atoms with Gasteiger partial charge in [0.2, 0.25) is 5.88 Å². The topological polar surface area (TPSA) is 92.8 Å². The van der Waals surface area contributed by atoms with Crippen molar-refractivity contribution in [2.45, 2.75) is 37.8 Å². The van der Waals surface area contributed by atoms with Crippen molar-refractivity contribution in [1.29, 1.82) is 0 Å². The number of benzene rings is 1. The number of nitrogens with one attached hydrogen (secondary N) is 2. The molecule has 7 heteroatoms. The minimum absolute atomic E-state index is 0.0465. The molecule has 128 valence electrons. The van der Waals surface area contributed by atoms with Crippen LogP contribution in [-0.2, 0) is 0 Å². The van der Waals surface area contributed by atoms with Crippen LogP contribution in [0.4, 0.5) is 0 Å². The van der Waals surface area contributed by atoms with Gasteiger partial charge in [0.15, 0.2) is 0 Å². The lowest BCUT2D eigenvalue weighted by Crippen LogP contribution is -2.39. The Kier molecular flexibility index (Phi) is 4.28. The first-order valence-electron chi connectivity index (χ1n) is 8.44. The lowest BCUT2D eigenvalue weighted by molar-refractivity contribution is 0.0890. The van der Waals surface area contributed by atoms with Gasteiger partial charge in [-0.15, -0.1) is 0 Å². The highest BCUT2D eigenvalue weighted by Crippen LogP contribution is 2.23. The monoisotopic (exact) mass is 337 g/mol. The zero-order valence-corrected chi connectivity index (χ0v) is 13.7. The van der Waals surface area contributed by atoms with Crippen molar-refractivity contribution in [3.63, 3.8) is 0 Å². The van der Waals surface area contributed by atoms with Crippen LogP contribution in [0.15, 0.2) is 43.1 Å². The predicted molar refractivity (Wildman–Crippen MR) is 92.3 cm³/mol. The molecule has 1 saturated carbocycles. The number of rotatable bonds is 4. The Bertz CT molecular complexity index is 856. The molecule has 1 aliphatic carbocycles. The van der Waals surface area contributed by atoms with Gasteiger partial charge in [-0.1, -0.05) is 0 Å². The van der Waals surface area contributed by atoms with Crippen LogP contribution in [0.2, 0.25) is 0 Å². The largest absolute Gasteiger partial charge is 0.473 e. The van der Waals surface area contributed by atoms with E-state index in [2.05, 4.69) is 25.3 Å². The second-order valence-electron chi connectivity index (χ2n) is 6.24. The molecule has 2 N–H and O–H groups in total. The molecule has 0 aliphatic heterocycles. The van der Waals surface area contributed by atoms with E-state index in [1.165, 1.54) is 0 Å². The van der Waals surface area contributed by atoms with Crippen LogP contribution < -0.4 is 10.1 Å². The smallest absolute Gasteiger partial charge is 0.251 e. The predicted octanol–water partition coefficient (Wildman–Crippen LogP) is 2.47. The van der Waals surface area contributed by atoms with E-state index in [4.69, 9.17) is 4.74 Å². The van der Waals surface area contributed by atoms with Crippen molar-refractivity contribution < 1.29 is 9.53 Å². The van der Waals surface area contributed by atoms with Crippen LogP contribution in [0.3, 0.4) is 0 Å². The van der Waals surface area contributed by atoms with Crippen LogP contribution in [0.1, 0.15) is 36.0 Å². The number of fused-ring (bicyclic) bond motifs is 1. The molecule has 25 heavy (non-hydrogen) atoms. The van der Waals surface area contributed by atoms with Gasteiger partial charge in [-0.3, -0.25) is 9.78 Å². The number of hydrogen-bond acceptors (Lipinski definition) is 5. The van der Waals surface area contributed by atoms with Gasteiger partial charge in [0.1, 0.15) is 6.10 Å².